The Balaban J connectivity index is 1.55. The number of unbranched alkanes of at least 4 members (excludes halogenated alkanes) is 1. The molecule has 0 spiro atoms. The molecule has 1 aromatic heterocycles. The minimum atomic E-state index is -0.172. The third-order valence-electron chi connectivity index (χ3n) is 3.31. The number of hydrogen-bond acceptors (Lipinski definition) is 6. The average molecular weight is 297 g/mol. The molecule has 8 heteroatoms. The van der Waals surface area contributed by atoms with Crippen molar-refractivity contribution in [2.75, 3.05) is 46.6 Å². The van der Waals surface area contributed by atoms with Crippen molar-refractivity contribution in [2.24, 2.45) is 0 Å². The van der Waals surface area contributed by atoms with Gasteiger partial charge in [0.05, 0.1) is 25.5 Å². The fourth-order valence-corrected chi connectivity index (χ4v) is 1.89. The lowest BCUT2D eigenvalue weighted by molar-refractivity contribution is 0.0686. The molecule has 1 saturated heterocycles. The molecule has 1 amide bonds. The van der Waals surface area contributed by atoms with Crippen molar-refractivity contribution in [1.82, 2.24) is 25.6 Å². The number of rotatable bonds is 10. The van der Waals surface area contributed by atoms with Gasteiger partial charge in [0.1, 0.15) is 0 Å². The van der Waals surface area contributed by atoms with Crippen molar-refractivity contribution >= 4 is 5.91 Å². The number of carbonyl (C=O) groups is 1. The molecule has 1 aromatic rings. The van der Waals surface area contributed by atoms with Crippen LogP contribution in [-0.4, -0.2) is 67.5 Å². The van der Waals surface area contributed by atoms with Crippen LogP contribution in [0, 0.1) is 0 Å². The standard InChI is InChI=1S/C13H23N5O3/c1-20-6-7-21-5-3-2-4-15-13(19)12-10-18(17-16-12)11-8-14-9-11/h10-11,14H,2-9H2,1H3,(H,15,19). The van der Waals surface area contributed by atoms with Crippen LogP contribution in [0.2, 0.25) is 0 Å². The van der Waals surface area contributed by atoms with E-state index in [2.05, 4.69) is 20.9 Å². The first-order valence-corrected chi connectivity index (χ1v) is 7.28. The van der Waals surface area contributed by atoms with Crippen LogP contribution in [0.5, 0.6) is 0 Å². The summed E-state index contributed by atoms with van der Waals surface area (Å²) in [6, 6.07) is 0.322. The zero-order chi connectivity index (χ0) is 14.9. The van der Waals surface area contributed by atoms with Gasteiger partial charge in [-0.25, -0.2) is 4.68 Å². The second kappa shape index (κ2) is 8.71. The highest BCUT2D eigenvalue weighted by molar-refractivity contribution is 5.91. The maximum atomic E-state index is 11.9. The van der Waals surface area contributed by atoms with Crippen molar-refractivity contribution < 1.29 is 14.3 Å². The number of methoxy groups -OCH3 is 1. The number of nitrogens with one attached hydrogen (secondary N) is 2. The summed E-state index contributed by atoms with van der Waals surface area (Å²) >= 11 is 0. The van der Waals surface area contributed by atoms with Crippen LogP contribution in [0.25, 0.3) is 0 Å². The second-order valence-corrected chi connectivity index (χ2v) is 4.96. The Bertz CT molecular complexity index is 433. The molecule has 1 aliphatic rings. The van der Waals surface area contributed by atoms with Gasteiger partial charge in [0.15, 0.2) is 5.69 Å². The molecule has 0 unspecified atom stereocenters. The lowest BCUT2D eigenvalue weighted by Crippen LogP contribution is -2.43. The molecule has 0 bridgehead atoms. The minimum Gasteiger partial charge on any atom is -0.382 e. The van der Waals surface area contributed by atoms with Crippen molar-refractivity contribution in [2.45, 2.75) is 18.9 Å². The Morgan fingerprint density at radius 3 is 3.00 bits per heavy atom. The second-order valence-electron chi connectivity index (χ2n) is 4.96. The number of nitrogens with zero attached hydrogens (tertiary/aromatic N) is 3. The fraction of sp³-hybridized carbons (Fsp3) is 0.769. The van der Waals surface area contributed by atoms with Crippen LogP contribution in [0.1, 0.15) is 29.4 Å². The van der Waals surface area contributed by atoms with E-state index in [0.717, 1.165) is 25.9 Å². The molecule has 0 aromatic carbocycles. The zero-order valence-corrected chi connectivity index (χ0v) is 12.4. The van der Waals surface area contributed by atoms with Gasteiger partial charge in [0.25, 0.3) is 5.91 Å². The Kier molecular flexibility index (Phi) is 6.58. The molecule has 0 saturated carbocycles. The number of ether oxygens (including phenoxy) is 2. The van der Waals surface area contributed by atoms with Crippen molar-refractivity contribution in [1.29, 1.82) is 0 Å². The minimum absolute atomic E-state index is 0.172. The van der Waals surface area contributed by atoms with E-state index in [1.807, 2.05) is 0 Å². The Morgan fingerprint density at radius 2 is 2.29 bits per heavy atom. The maximum absolute atomic E-state index is 11.9. The molecular weight excluding hydrogens is 274 g/mol. The van der Waals surface area contributed by atoms with E-state index < -0.39 is 0 Å². The van der Waals surface area contributed by atoms with E-state index in [1.165, 1.54) is 0 Å². The summed E-state index contributed by atoms with van der Waals surface area (Å²) in [5.74, 6) is -0.172. The molecule has 2 heterocycles. The van der Waals surface area contributed by atoms with Crippen LogP contribution in [0.15, 0.2) is 6.20 Å². The molecule has 0 atom stereocenters. The van der Waals surface area contributed by atoms with Crippen molar-refractivity contribution in [3.63, 3.8) is 0 Å². The zero-order valence-electron chi connectivity index (χ0n) is 12.4. The van der Waals surface area contributed by atoms with Crippen molar-refractivity contribution in [3.8, 4) is 0 Å². The Hall–Kier alpha value is -1.51. The van der Waals surface area contributed by atoms with E-state index in [4.69, 9.17) is 9.47 Å². The first-order valence-electron chi connectivity index (χ1n) is 7.28. The van der Waals surface area contributed by atoms with Gasteiger partial charge >= 0.3 is 0 Å². The van der Waals surface area contributed by atoms with Gasteiger partial charge in [-0.15, -0.1) is 5.10 Å². The molecule has 2 N–H and O–H groups in total. The van der Waals surface area contributed by atoms with Crippen molar-refractivity contribution in [3.05, 3.63) is 11.9 Å². The summed E-state index contributed by atoms with van der Waals surface area (Å²) < 4.78 is 12.0. The average Bonchev–Trinajstić information content (AvgIpc) is 2.89. The quantitative estimate of drug-likeness (QED) is 0.571. The normalized spacial score (nSPS) is 14.9. The van der Waals surface area contributed by atoms with E-state index in [-0.39, 0.29) is 5.91 Å². The summed E-state index contributed by atoms with van der Waals surface area (Å²) in [5, 5.41) is 13.9. The Labute approximate surface area is 124 Å². The molecular formula is C13H23N5O3. The van der Waals surface area contributed by atoms with E-state index in [9.17, 15) is 4.79 Å². The maximum Gasteiger partial charge on any atom is 0.273 e. The highest BCUT2D eigenvalue weighted by Crippen LogP contribution is 2.09. The third-order valence-corrected chi connectivity index (χ3v) is 3.31. The fourth-order valence-electron chi connectivity index (χ4n) is 1.89. The van der Waals surface area contributed by atoms with Gasteiger partial charge in [0, 0.05) is 33.4 Å². The predicted octanol–water partition coefficient (Wildman–Crippen LogP) is -0.405. The summed E-state index contributed by atoms with van der Waals surface area (Å²) in [5.41, 5.74) is 0.373. The number of carbonyl (C=O) groups excluding carboxylic acids is 1. The number of hydrogen-bond donors (Lipinski definition) is 2. The van der Waals surface area contributed by atoms with Crippen LogP contribution in [0.4, 0.5) is 0 Å². The largest absolute Gasteiger partial charge is 0.382 e. The highest BCUT2D eigenvalue weighted by atomic mass is 16.5. The molecule has 21 heavy (non-hydrogen) atoms. The highest BCUT2D eigenvalue weighted by Gasteiger charge is 2.21. The first kappa shape index (κ1) is 15.9. The summed E-state index contributed by atoms with van der Waals surface area (Å²) in [6.07, 6.45) is 3.48. The topological polar surface area (TPSA) is 90.3 Å². The summed E-state index contributed by atoms with van der Waals surface area (Å²) in [6.45, 7) is 4.29. The first-order chi connectivity index (χ1) is 10.3. The third kappa shape index (κ3) is 5.07. The van der Waals surface area contributed by atoms with Crippen LogP contribution >= 0.6 is 0 Å². The van der Waals surface area contributed by atoms with Crippen LogP contribution < -0.4 is 10.6 Å². The smallest absolute Gasteiger partial charge is 0.273 e. The number of aromatic nitrogens is 3. The monoisotopic (exact) mass is 297 g/mol. The van der Waals surface area contributed by atoms with Gasteiger partial charge in [-0.2, -0.15) is 0 Å². The lowest BCUT2D eigenvalue weighted by Gasteiger charge is -2.26. The van der Waals surface area contributed by atoms with Gasteiger partial charge in [-0.1, -0.05) is 5.21 Å². The molecule has 1 fully saturated rings. The van der Waals surface area contributed by atoms with E-state index >= 15 is 0 Å². The van der Waals surface area contributed by atoms with Gasteiger partial charge in [-0.3, -0.25) is 4.79 Å². The number of amides is 1. The van der Waals surface area contributed by atoms with Crippen LogP contribution in [-0.2, 0) is 9.47 Å². The molecule has 1 aliphatic heterocycles. The van der Waals surface area contributed by atoms with Gasteiger partial charge in [0.2, 0.25) is 0 Å². The molecule has 0 radical (unpaired) electrons. The molecule has 2 rings (SSSR count). The Morgan fingerprint density at radius 1 is 1.43 bits per heavy atom. The van der Waals surface area contributed by atoms with Gasteiger partial charge < -0.3 is 20.1 Å². The SMILES string of the molecule is COCCOCCCCNC(=O)c1cn(C2CNC2)nn1. The molecule has 8 nitrogen and oxygen atoms in total. The van der Waals surface area contributed by atoms with Gasteiger partial charge in [-0.05, 0) is 12.8 Å². The predicted molar refractivity (Wildman–Crippen MR) is 76.2 cm³/mol. The van der Waals surface area contributed by atoms with E-state index in [0.29, 0.717) is 38.1 Å². The summed E-state index contributed by atoms with van der Waals surface area (Å²) in [4.78, 5) is 11.9. The molecule has 0 aliphatic carbocycles. The molecule has 118 valence electrons. The van der Waals surface area contributed by atoms with Crippen LogP contribution in [0.3, 0.4) is 0 Å². The lowest BCUT2D eigenvalue weighted by atomic mass is 10.2. The summed E-state index contributed by atoms with van der Waals surface area (Å²) in [7, 11) is 1.65. The van der Waals surface area contributed by atoms with E-state index in [1.54, 1.807) is 18.0 Å².